The molecule has 7 nitrogen and oxygen atoms in total. The molecule has 0 aliphatic heterocycles. The molecular weight excluding hydrogens is 340 g/mol. The van der Waals surface area contributed by atoms with Crippen LogP contribution < -0.4 is 0 Å². The monoisotopic (exact) mass is 360 g/mol. The number of carbonyl (C=O) groups excluding carboxylic acids is 2. The van der Waals surface area contributed by atoms with E-state index in [0.717, 1.165) is 5.69 Å². The SMILES string of the molecule is CCOC(=O)C(C)N(C)C(=O)CSc1nccc(-c2ccccn2)n1. The van der Waals surface area contributed by atoms with Gasteiger partial charge in [0.1, 0.15) is 6.04 Å². The van der Waals surface area contributed by atoms with E-state index >= 15 is 0 Å². The first-order chi connectivity index (χ1) is 12.0. The minimum Gasteiger partial charge on any atom is -0.464 e. The lowest BCUT2D eigenvalue weighted by atomic mass is 10.3. The Bertz CT molecular complexity index is 727. The zero-order chi connectivity index (χ0) is 18.2. The summed E-state index contributed by atoms with van der Waals surface area (Å²) in [6, 6.07) is 6.71. The van der Waals surface area contributed by atoms with Crippen LogP contribution in [0.3, 0.4) is 0 Å². The number of hydrogen-bond acceptors (Lipinski definition) is 7. The number of hydrogen-bond donors (Lipinski definition) is 0. The van der Waals surface area contributed by atoms with Crippen LogP contribution in [-0.4, -0.2) is 57.2 Å². The van der Waals surface area contributed by atoms with Crippen molar-refractivity contribution in [2.75, 3.05) is 19.4 Å². The average Bonchev–Trinajstić information content (AvgIpc) is 2.66. The number of rotatable bonds is 7. The predicted molar refractivity (Wildman–Crippen MR) is 94.9 cm³/mol. The molecule has 0 spiro atoms. The van der Waals surface area contributed by atoms with Gasteiger partial charge in [0.25, 0.3) is 0 Å². The van der Waals surface area contributed by atoms with E-state index < -0.39 is 12.0 Å². The number of amides is 1. The van der Waals surface area contributed by atoms with E-state index in [1.165, 1.54) is 16.7 Å². The highest BCUT2D eigenvalue weighted by atomic mass is 32.2. The minimum atomic E-state index is -0.631. The molecule has 0 saturated carbocycles. The van der Waals surface area contributed by atoms with Crippen LogP contribution in [0.4, 0.5) is 0 Å². The zero-order valence-electron chi connectivity index (χ0n) is 14.4. The van der Waals surface area contributed by atoms with E-state index in [0.29, 0.717) is 10.9 Å². The normalized spacial score (nSPS) is 11.6. The van der Waals surface area contributed by atoms with Gasteiger partial charge in [0, 0.05) is 19.4 Å². The summed E-state index contributed by atoms with van der Waals surface area (Å²) in [7, 11) is 1.58. The number of likely N-dealkylation sites (N-methyl/N-ethyl adjacent to an activating group) is 1. The Kier molecular flexibility index (Phi) is 6.88. The van der Waals surface area contributed by atoms with Gasteiger partial charge in [0.2, 0.25) is 5.91 Å². The largest absolute Gasteiger partial charge is 0.464 e. The number of carbonyl (C=O) groups is 2. The van der Waals surface area contributed by atoms with Crippen molar-refractivity contribution in [1.29, 1.82) is 0 Å². The van der Waals surface area contributed by atoms with Gasteiger partial charge in [-0.1, -0.05) is 17.8 Å². The van der Waals surface area contributed by atoms with Gasteiger partial charge in [0.05, 0.1) is 23.7 Å². The molecule has 0 bridgehead atoms. The van der Waals surface area contributed by atoms with Gasteiger partial charge >= 0.3 is 5.97 Å². The molecule has 0 N–H and O–H groups in total. The molecule has 0 saturated heterocycles. The lowest BCUT2D eigenvalue weighted by Gasteiger charge is -2.22. The minimum absolute atomic E-state index is 0.131. The smallest absolute Gasteiger partial charge is 0.328 e. The van der Waals surface area contributed by atoms with Gasteiger partial charge in [-0.3, -0.25) is 9.78 Å². The highest BCUT2D eigenvalue weighted by Crippen LogP contribution is 2.18. The van der Waals surface area contributed by atoms with E-state index in [9.17, 15) is 9.59 Å². The molecule has 2 rings (SSSR count). The lowest BCUT2D eigenvalue weighted by molar-refractivity contribution is -0.152. The van der Waals surface area contributed by atoms with Gasteiger partial charge in [-0.2, -0.15) is 0 Å². The molecule has 1 atom stereocenters. The van der Waals surface area contributed by atoms with Gasteiger partial charge in [0.15, 0.2) is 5.16 Å². The Labute approximate surface area is 150 Å². The van der Waals surface area contributed by atoms with Gasteiger partial charge in [-0.05, 0) is 32.0 Å². The maximum atomic E-state index is 12.3. The van der Waals surface area contributed by atoms with Crippen molar-refractivity contribution < 1.29 is 14.3 Å². The molecule has 8 heteroatoms. The van der Waals surface area contributed by atoms with Gasteiger partial charge in [-0.15, -0.1) is 0 Å². The van der Waals surface area contributed by atoms with E-state index in [1.807, 2.05) is 18.2 Å². The van der Waals surface area contributed by atoms with E-state index in [-0.39, 0.29) is 18.3 Å². The summed E-state index contributed by atoms with van der Waals surface area (Å²) in [5.74, 6) is -0.486. The predicted octanol–water partition coefficient (Wildman–Crippen LogP) is 2.04. The fraction of sp³-hybridized carbons (Fsp3) is 0.353. The average molecular weight is 360 g/mol. The number of esters is 1. The maximum absolute atomic E-state index is 12.3. The van der Waals surface area contributed by atoms with Crippen molar-refractivity contribution in [1.82, 2.24) is 19.9 Å². The summed E-state index contributed by atoms with van der Waals surface area (Å²) in [5.41, 5.74) is 1.44. The van der Waals surface area contributed by atoms with Gasteiger partial charge < -0.3 is 9.64 Å². The zero-order valence-corrected chi connectivity index (χ0v) is 15.2. The third-order valence-corrected chi connectivity index (χ3v) is 4.33. The lowest BCUT2D eigenvalue weighted by Crippen LogP contribution is -2.42. The van der Waals surface area contributed by atoms with Crippen LogP contribution in [-0.2, 0) is 14.3 Å². The van der Waals surface area contributed by atoms with Crippen molar-refractivity contribution in [3.63, 3.8) is 0 Å². The molecule has 132 valence electrons. The van der Waals surface area contributed by atoms with Crippen LogP contribution in [0, 0.1) is 0 Å². The summed E-state index contributed by atoms with van der Waals surface area (Å²) in [4.78, 5) is 38.2. The third kappa shape index (κ3) is 5.25. The molecule has 2 heterocycles. The Morgan fingerprint density at radius 1 is 1.20 bits per heavy atom. The molecule has 0 fully saturated rings. The summed E-state index contributed by atoms with van der Waals surface area (Å²) in [6.45, 7) is 3.65. The number of nitrogens with zero attached hydrogens (tertiary/aromatic N) is 4. The Hall–Kier alpha value is -2.48. The van der Waals surface area contributed by atoms with Gasteiger partial charge in [-0.25, -0.2) is 14.8 Å². The Morgan fingerprint density at radius 3 is 2.68 bits per heavy atom. The molecule has 1 unspecified atom stereocenters. The van der Waals surface area contributed by atoms with Crippen molar-refractivity contribution in [2.24, 2.45) is 0 Å². The summed E-state index contributed by atoms with van der Waals surface area (Å²) < 4.78 is 4.93. The van der Waals surface area contributed by atoms with E-state index in [1.54, 1.807) is 39.4 Å². The second-order valence-electron chi connectivity index (χ2n) is 5.16. The summed E-state index contributed by atoms with van der Waals surface area (Å²) in [6.07, 6.45) is 3.33. The van der Waals surface area contributed by atoms with Crippen molar-refractivity contribution in [3.8, 4) is 11.4 Å². The molecule has 25 heavy (non-hydrogen) atoms. The van der Waals surface area contributed by atoms with Crippen LogP contribution >= 0.6 is 11.8 Å². The van der Waals surface area contributed by atoms with Crippen LogP contribution in [0.1, 0.15) is 13.8 Å². The number of ether oxygens (including phenoxy) is 1. The number of pyridine rings is 1. The summed E-state index contributed by atoms with van der Waals surface area (Å²) in [5, 5.41) is 0.480. The fourth-order valence-electron chi connectivity index (χ4n) is 1.93. The number of aromatic nitrogens is 3. The molecule has 0 aliphatic carbocycles. The standard InChI is InChI=1S/C17H20N4O3S/c1-4-24-16(23)12(2)21(3)15(22)11-25-17-19-10-8-14(20-17)13-7-5-6-9-18-13/h5-10,12H,4,11H2,1-3H3. The van der Waals surface area contributed by atoms with Crippen LogP contribution in [0.5, 0.6) is 0 Å². The Morgan fingerprint density at radius 2 is 2.00 bits per heavy atom. The second-order valence-corrected chi connectivity index (χ2v) is 6.10. The first kappa shape index (κ1) is 18.9. The first-order valence-electron chi connectivity index (χ1n) is 7.82. The molecule has 1 amide bonds. The molecule has 0 aliphatic rings. The molecular formula is C17H20N4O3S. The van der Waals surface area contributed by atoms with Crippen molar-refractivity contribution in [2.45, 2.75) is 25.0 Å². The summed E-state index contributed by atoms with van der Waals surface area (Å²) >= 11 is 1.21. The van der Waals surface area contributed by atoms with Crippen molar-refractivity contribution in [3.05, 3.63) is 36.7 Å². The maximum Gasteiger partial charge on any atom is 0.328 e. The van der Waals surface area contributed by atoms with E-state index in [4.69, 9.17) is 4.74 Å². The molecule has 2 aromatic rings. The highest BCUT2D eigenvalue weighted by Gasteiger charge is 2.23. The van der Waals surface area contributed by atoms with Crippen LogP contribution in [0.25, 0.3) is 11.4 Å². The number of thioether (sulfide) groups is 1. The second kappa shape index (κ2) is 9.12. The molecule has 2 aromatic heterocycles. The highest BCUT2D eigenvalue weighted by molar-refractivity contribution is 7.99. The van der Waals surface area contributed by atoms with Crippen LogP contribution in [0.2, 0.25) is 0 Å². The molecule has 0 radical (unpaired) electrons. The topological polar surface area (TPSA) is 85.3 Å². The fourth-order valence-corrected chi connectivity index (χ4v) is 2.69. The Balaban J connectivity index is 1.97. The quantitative estimate of drug-likeness (QED) is 0.424. The van der Waals surface area contributed by atoms with Crippen molar-refractivity contribution >= 4 is 23.6 Å². The molecule has 0 aromatic carbocycles. The first-order valence-corrected chi connectivity index (χ1v) is 8.81. The van der Waals surface area contributed by atoms with Crippen LogP contribution in [0.15, 0.2) is 41.8 Å². The van der Waals surface area contributed by atoms with E-state index in [2.05, 4.69) is 15.0 Å². The third-order valence-electron chi connectivity index (χ3n) is 3.49.